The van der Waals surface area contributed by atoms with Crippen molar-refractivity contribution in [2.45, 2.75) is 245 Å². The molecule has 0 aromatic carbocycles. The van der Waals surface area contributed by atoms with Crippen LogP contribution in [0.4, 0.5) is 0 Å². The molecule has 0 saturated carbocycles. The number of hydrogen-bond donors (Lipinski definition) is 1. The number of hydrogen-bond acceptors (Lipinski definition) is 7. The van der Waals surface area contributed by atoms with Crippen molar-refractivity contribution in [3.63, 3.8) is 0 Å². The average Bonchev–Trinajstić information content (AvgIpc) is 3.33. The van der Waals surface area contributed by atoms with Crippen LogP contribution in [0.1, 0.15) is 239 Å². The van der Waals surface area contributed by atoms with E-state index >= 15 is 0 Å². The van der Waals surface area contributed by atoms with Crippen molar-refractivity contribution in [2.24, 2.45) is 0 Å². The number of esters is 2. The molecule has 1 N–H and O–H groups in total. The molecule has 0 amide bonds. The van der Waals surface area contributed by atoms with Gasteiger partial charge in [0.25, 0.3) is 0 Å². The summed E-state index contributed by atoms with van der Waals surface area (Å²) in [4.78, 5) is 35.5. The maximum Gasteiger partial charge on any atom is 0.472 e. The lowest BCUT2D eigenvalue weighted by atomic mass is 10.0. The van der Waals surface area contributed by atoms with E-state index in [0.717, 1.165) is 96.3 Å². The van der Waals surface area contributed by atoms with E-state index in [2.05, 4.69) is 98.9 Å². The summed E-state index contributed by atoms with van der Waals surface area (Å²) in [5.41, 5.74) is 0. The van der Waals surface area contributed by atoms with Crippen molar-refractivity contribution in [1.82, 2.24) is 0 Å². The topological polar surface area (TPSA) is 108 Å². The van der Waals surface area contributed by atoms with E-state index in [0.29, 0.717) is 17.4 Å². The number of nitrogens with zero attached hydrogens (tertiary/aromatic N) is 1. The molecule has 2 unspecified atom stereocenters. The summed E-state index contributed by atoms with van der Waals surface area (Å²) in [5, 5.41) is 0. The normalized spacial score (nSPS) is 13.9. The van der Waals surface area contributed by atoms with E-state index in [1.165, 1.54) is 109 Å². The Hall–Kier alpha value is -2.81. The van der Waals surface area contributed by atoms with Crippen LogP contribution >= 0.6 is 7.82 Å². The van der Waals surface area contributed by atoms with Gasteiger partial charge in [-0.1, -0.05) is 227 Å². The van der Waals surface area contributed by atoms with Gasteiger partial charge in [-0.2, -0.15) is 0 Å². The molecule has 0 aliphatic rings. The zero-order chi connectivity index (χ0) is 52.0. The molecular formula is C61H109NO8P+. The number of carbonyl (C=O) groups excluding carboxylic acids is 2. The quantitative estimate of drug-likeness (QED) is 0.0211. The molecule has 0 bridgehead atoms. The molecule has 0 aromatic rings. The summed E-state index contributed by atoms with van der Waals surface area (Å²) in [6.07, 6.45) is 69.7. The number of quaternary nitrogens is 1. The molecule has 0 aromatic heterocycles. The number of unbranched alkanes of at least 4 members (excludes halogenated alkanes) is 24. The first-order valence-corrected chi connectivity index (χ1v) is 30.3. The van der Waals surface area contributed by atoms with E-state index in [1.807, 2.05) is 21.1 Å². The monoisotopic (exact) mass is 1010 g/mol. The summed E-state index contributed by atoms with van der Waals surface area (Å²) in [6, 6.07) is 0. The molecular weight excluding hydrogens is 906 g/mol. The van der Waals surface area contributed by atoms with Gasteiger partial charge in [-0.3, -0.25) is 18.6 Å². The fourth-order valence-electron chi connectivity index (χ4n) is 7.73. The predicted molar refractivity (Wildman–Crippen MR) is 302 cm³/mol. The fraction of sp³-hybridized carbons (Fsp3) is 0.738. The number of ether oxygens (including phenoxy) is 2. The summed E-state index contributed by atoms with van der Waals surface area (Å²) in [7, 11) is 1.47. The van der Waals surface area contributed by atoms with Crippen molar-refractivity contribution in [3.8, 4) is 0 Å². The molecule has 0 heterocycles. The largest absolute Gasteiger partial charge is 0.472 e. The van der Waals surface area contributed by atoms with Crippen LogP contribution in [0.2, 0.25) is 0 Å². The second kappa shape index (κ2) is 52.1. The van der Waals surface area contributed by atoms with Crippen LogP contribution in [0, 0.1) is 0 Å². The van der Waals surface area contributed by atoms with Crippen LogP contribution in [0.15, 0.2) is 85.1 Å². The fourth-order valence-corrected chi connectivity index (χ4v) is 8.47. The average molecular weight is 1020 g/mol. The lowest BCUT2D eigenvalue weighted by Gasteiger charge is -2.24. The smallest absolute Gasteiger partial charge is 0.462 e. The third kappa shape index (κ3) is 56.3. The minimum Gasteiger partial charge on any atom is -0.462 e. The van der Waals surface area contributed by atoms with Gasteiger partial charge in [-0.25, -0.2) is 4.57 Å². The van der Waals surface area contributed by atoms with E-state index < -0.39 is 26.5 Å². The van der Waals surface area contributed by atoms with Crippen molar-refractivity contribution in [2.75, 3.05) is 47.5 Å². The Bertz CT molecular complexity index is 1470. The number of allylic oxidation sites excluding steroid dienone is 14. The van der Waals surface area contributed by atoms with Crippen molar-refractivity contribution < 1.29 is 42.1 Å². The van der Waals surface area contributed by atoms with Gasteiger partial charge in [0.2, 0.25) is 0 Å². The third-order valence-corrected chi connectivity index (χ3v) is 13.1. The molecule has 0 fully saturated rings. The lowest BCUT2D eigenvalue weighted by molar-refractivity contribution is -0.870. The first kappa shape index (κ1) is 68.2. The SMILES string of the molecule is CC/C=C\C/C=C\C/C=C\C/C=C\C/C=C\C/C=C\CCCCCCCCCCCCCCCCCCCCC(=O)OC(COC(=O)CCCCCCC/C=C\CCC)COP(=O)(O)OCC[N+](C)(C)C. The highest BCUT2D eigenvalue weighted by Gasteiger charge is 2.27. The Morgan fingerprint density at radius 2 is 0.803 bits per heavy atom. The molecule has 0 radical (unpaired) electrons. The maximum atomic E-state index is 12.8. The van der Waals surface area contributed by atoms with Crippen LogP contribution in [-0.2, 0) is 32.7 Å². The van der Waals surface area contributed by atoms with Gasteiger partial charge in [0.15, 0.2) is 6.10 Å². The van der Waals surface area contributed by atoms with Crippen LogP contribution in [0.3, 0.4) is 0 Å². The van der Waals surface area contributed by atoms with E-state index in [1.54, 1.807) is 0 Å². The second-order valence-electron chi connectivity index (χ2n) is 20.3. The summed E-state index contributed by atoms with van der Waals surface area (Å²) >= 11 is 0. The Balaban J connectivity index is 3.94. The highest BCUT2D eigenvalue weighted by molar-refractivity contribution is 7.47. The maximum absolute atomic E-state index is 12.8. The molecule has 71 heavy (non-hydrogen) atoms. The second-order valence-corrected chi connectivity index (χ2v) is 21.7. The Labute approximate surface area is 437 Å². The Morgan fingerprint density at radius 3 is 1.21 bits per heavy atom. The molecule has 2 atom stereocenters. The first-order chi connectivity index (χ1) is 34.5. The van der Waals surface area contributed by atoms with Crippen molar-refractivity contribution in [1.29, 1.82) is 0 Å². The van der Waals surface area contributed by atoms with Gasteiger partial charge in [0, 0.05) is 12.8 Å². The predicted octanol–water partition coefficient (Wildman–Crippen LogP) is 17.9. The van der Waals surface area contributed by atoms with E-state index in [-0.39, 0.29) is 32.0 Å². The standard InChI is InChI=1S/C61H108NO8P/c1-6-8-10-12-14-16-18-19-20-21-22-23-24-25-26-27-28-29-30-31-32-33-34-35-36-37-38-39-40-41-42-43-44-46-48-50-52-54-61(64)70-59(58-69-71(65,66)68-56-55-62(3,4)5)57-67-60(63)53-51-49-47-45-17-15-13-11-9-7-2/h8,10-11,13-14,16,19-20,22-23,25-26,28-29,59H,6-7,9,12,15,17-18,21,24,27,30-58H2,1-5H3/p+1/b10-8-,13-11-,16-14-,20-19-,23-22-,26-25-,29-28-. The lowest BCUT2D eigenvalue weighted by Crippen LogP contribution is -2.37. The molecule has 10 heteroatoms. The van der Waals surface area contributed by atoms with Gasteiger partial charge in [-0.05, 0) is 83.5 Å². The minimum absolute atomic E-state index is 0.0291. The Kier molecular flexibility index (Phi) is 50.0. The summed E-state index contributed by atoms with van der Waals surface area (Å²) < 4.78 is 34.4. The zero-order valence-electron chi connectivity index (χ0n) is 46.4. The van der Waals surface area contributed by atoms with Crippen LogP contribution in [0.25, 0.3) is 0 Å². The summed E-state index contributed by atoms with van der Waals surface area (Å²) in [5.74, 6) is -0.808. The molecule has 0 rings (SSSR count). The zero-order valence-corrected chi connectivity index (χ0v) is 47.3. The number of phosphoric ester groups is 1. The van der Waals surface area contributed by atoms with Crippen molar-refractivity contribution >= 4 is 19.8 Å². The molecule has 0 spiro atoms. The number of rotatable bonds is 52. The van der Waals surface area contributed by atoms with Gasteiger partial charge in [0.05, 0.1) is 27.7 Å². The highest BCUT2D eigenvalue weighted by Crippen LogP contribution is 2.43. The molecule has 410 valence electrons. The van der Waals surface area contributed by atoms with E-state index in [9.17, 15) is 19.0 Å². The van der Waals surface area contributed by atoms with Gasteiger partial charge in [-0.15, -0.1) is 0 Å². The molecule has 9 nitrogen and oxygen atoms in total. The number of phosphoric acid groups is 1. The Morgan fingerprint density at radius 1 is 0.451 bits per heavy atom. The van der Waals surface area contributed by atoms with Crippen LogP contribution < -0.4 is 0 Å². The number of carbonyl (C=O) groups is 2. The molecule has 0 saturated heterocycles. The number of likely N-dealkylation sites (N-methyl/N-ethyl adjacent to an activating group) is 1. The molecule has 0 aliphatic carbocycles. The first-order valence-electron chi connectivity index (χ1n) is 28.8. The summed E-state index contributed by atoms with van der Waals surface area (Å²) in [6.45, 7) is 4.24. The van der Waals surface area contributed by atoms with Crippen LogP contribution in [-0.4, -0.2) is 74.9 Å². The van der Waals surface area contributed by atoms with Crippen LogP contribution in [0.5, 0.6) is 0 Å². The minimum atomic E-state index is -4.38. The van der Waals surface area contributed by atoms with Gasteiger partial charge >= 0.3 is 19.8 Å². The third-order valence-electron chi connectivity index (χ3n) is 12.1. The highest BCUT2D eigenvalue weighted by atomic mass is 31.2. The van der Waals surface area contributed by atoms with Crippen molar-refractivity contribution in [3.05, 3.63) is 85.1 Å². The molecule has 0 aliphatic heterocycles. The van der Waals surface area contributed by atoms with Gasteiger partial charge in [0.1, 0.15) is 19.8 Å². The van der Waals surface area contributed by atoms with Gasteiger partial charge < -0.3 is 18.9 Å². The van der Waals surface area contributed by atoms with E-state index in [4.69, 9.17) is 18.5 Å².